The van der Waals surface area contributed by atoms with Gasteiger partial charge in [0.2, 0.25) is 0 Å². The number of benzene rings is 2. The van der Waals surface area contributed by atoms with Gasteiger partial charge in [-0.1, -0.05) is 42.5 Å². The molecule has 2 rings (SSSR count). The number of nitrogens with one attached hydrogen (secondary N) is 1. The summed E-state index contributed by atoms with van der Waals surface area (Å²) in [6.07, 6.45) is 0.496. The van der Waals surface area contributed by atoms with Crippen LogP contribution in [-0.4, -0.2) is 13.2 Å². The molecule has 0 amide bonds. The first-order valence-corrected chi connectivity index (χ1v) is 6.53. The van der Waals surface area contributed by atoms with Gasteiger partial charge in [-0.05, 0) is 29.7 Å². The second-order valence-corrected chi connectivity index (χ2v) is 4.67. The van der Waals surface area contributed by atoms with Crippen molar-refractivity contribution < 1.29 is 9.13 Å². The maximum atomic E-state index is 12.9. The average Bonchev–Trinajstić information content (AvgIpc) is 2.50. The summed E-state index contributed by atoms with van der Waals surface area (Å²) < 4.78 is 18.5. The molecule has 3 nitrogen and oxygen atoms in total. The van der Waals surface area contributed by atoms with E-state index >= 15 is 0 Å². The highest BCUT2D eigenvalue weighted by Crippen LogP contribution is 2.22. The Morgan fingerprint density at radius 2 is 1.75 bits per heavy atom. The van der Waals surface area contributed by atoms with Gasteiger partial charge in [0, 0.05) is 7.11 Å². The molecule has 0 saturated heterocycles. The number of ether oxygens (including phenoxy) is 1. The summed E-state index contributed by atoms with van der Waals surface area (Å²) in [5.41, 5.74) is 4.86. The van der Waals surface area contributed by atoms with Gasteiger partial charge in [-0.2, -0.15) is 0 Å². The summed E-state index contributed by atoms with van der Waals surface area (Å²) >= 11 is 0. The van der Waals surface area contributed by atoms with Crippen molar-refractivity contribution in [3.8, 4) is 0 Å². The van der Waals surface area contributed by atoms with Crippen LogP contribution in [0.2, 0.25) is 0 Å². The molecule has 3 N–H and O–H groups in total. The molecule has 0 saturated carbocycles. The number of methoxy groups -OCH3 is 1. The molecule has 2 unspecified atom stereocenters. The minimum absolute atomic E-state index is 0.0899. The van der Waals surface area contributed by atoms with Gasteiger partial charge >= 0.3 is 0 Å². The van der Waals surface area contributed by atoms with Crippen molar-refractivity contribution in [2.45, 2.75) is 18.6 Å². The number of rotatable bonds is 6. The van der Waals surface area contributed by atoms with E-state index in [1.54, 1.807) is 19.2 Å². The zero-order chi connectivity index (χ0) is 14.4. The van der Waals surface area contributed by atoms with E-state index in [-0.39, 0.29) is 18.0 Å². The number of hydrazine groups is 1. The van der Waals surface area contributed by atoms with Gasteiger partial charge in [0.15, 0.2) is 0 Å². The van der Waals surface area contributed by atoms with Gasteiger partial charge in [-0.15, -0.1) is 0 Å². The fourth-order valence-electron chi connectivity index (χ4n) is 2.30. The molecule has 0 radical (unpaired) electrons. The molecule has 0 fully saturated rings. The van der Waals surface area contributed by atoms with Gasteiger partial charge in [0.05, 0.1) is 12.1 Å². The predicted octanol–water partition coefficient (Wildman–Crippen LogP) is 2.59. The van der Waals surface area contributed by atoms with Crippen molar-refractivity contribution in [2.75, 3.05) is 7.11 Å². The maximum absolute atomic E-state index is 12.9. The van der Waals surface area contributed by atoms with Crippen LogP contribution in [0.5, 0.6) is 0 Å². The highest BCUT2D eigenvalue weighted by atomic mass is 19.1. The van der Waals surface area contributed by atoms with Crippen molar-refractivity contribution in [1.29, 1.82) is 0 Å². The third kappa shape index (κ3) is 3.63. The molecule has 0 bridgehead atoms. The van der Waals surface area contributed by atoms with E-state index < -0.39 is 0 Å². The van der Waals surface area contributed by atoms with Crippen LogP contribution in [0.15, 0.2) is 54.6 Å². The largest absolute Gasteiger partial charge is 0.375 e. The van der Waals surface area contributed by atoms with Crippen molar-refractivity contribution >= 4 is 0 Å². The van der Waals surface area contributed by atoms with Crippen molar-refractivity contribution in [1.82, 2.24) is 5.43 Å². The first-order valence-electron chi connectivity index (χ1n) is 6.53. The number of hydrogen-bond acceptors (Lipinski definition) is 3. The lowest BCUT2D eigenvalue weighted by molar-refractivity contribution is 0.0679. The lowest BCUT2D eigenvalue weighted by Crippen LogP contribution is -2.42. The highest BCUT2D eigenvalue weighted by molar-refractivity contribution is 5.22. The van der Waals surface area contributed by atoms with E-state index in [9.17, 15) is 4.39 Å². The van der Waals surface area contributed by atoms with Crippen LogP contribution in [0.3, 0.4) is 0 Å². The molecule has 0 aliphatic heterocycles. The Hall–Kier alpha value is -1.75. The van der Waals surface area contributed by atoms with Gasteiger partial charge in [-0.3, -0.25) is 11.3 Å². The number of halogens is 1. The highest BCUT2D eigenvalue weighted by Gasteiger charge is 2.22. The summed E-state index contributed by atoms with van der Waals surface area (Å²) in [5.74, 6) is 5.42. The summed E-state index contributed by atoms with van der Waals surface area (Å²) in [6, 6.07) is 16.2. The quantitative estimate of drug-likeness (QED) is 0.629. The van der Waals surface area contributed by atoms with Crippen LogP contribution >= 0.6 is 0 Å². The predicted molar refractivity (Wildman–Crippen MR) is 77.4 cm³/mol. The van der Waals surface area contributed by atoms with E-state index in [0.717, 1.165) is 11.1 Å². The third-order valence-electron chi connectivity index (χ3n) is 3.33. The second-order valence-electron chi connectivity index (χ2n) is 4.67. The molecule has 0 aliphatic rings. The fourth-order valence-corrected chi connectivity index (χ4v) is 2.30. The fraction of sp³-hybridized carbons (Fsp3) is 0.250. The first-order chi connectivity index (χ1) is 9.74. The minimum atomic E-state index is -0.239. The van der Waals surface area contributed by atoms with Crippen LogP contribution in [0.4, 0.5) is 4.39 Å². The van der Waals surface area contributed by atoms with Crippen molar-refractivity contribution in [3.05, 3.63) is 71.5 Å². The molecule has 0 heterocycles. The van der Waals surface area contributed by atoms with Gasteiger partial charge in [0.1, 0.15) is 5.82 Å². The minimum Gasteiger partial charge on any atom is -0.375 e. The van der Waals surface area contributed by atoms with E-state index in [1.807, 2.05) is 30.3 Å². The van der Waals surface area contributed by atoms with Gasteiger partial charge < -0.3 is 4.74 Å². The lowest BCUT2D eigenvalue weighted by atomic mass is 9.96. The van der Waals surface area contributed by atoms with E-state index in [1.165, 1.54) is 12.1 Å². The van der Waals surface area contributed by atoms with E-state index in [0.29, 0.717) is 6.42 Å². The van der Waals surface area contributed by atoms with Crippen LogP contribution in [0.25, 0.3) is 0 Å². The molecular weight excluding hydrogens is 255 g/mol. The van der Waals surface area contributed by atoms with Crippen molar-refractivity contribution in [3.63, 3.8) is 0 Å². The van der Waals surface area contributed by atoms with E-state index in [2.05, 4.69) is 5.43 Å². The second kappa shape index (κ2) is 7.14. The zero-order valence-corrected chi connectivity index (χ0v) is 11.4. The molecule has 20 heavy (non-hydrogen) atoms. The Balaban J connectivity index is 2.15. The number of nitrogens with two attached hydrogens (primary N) is 1. The van der Waals surface area contributed by atoms with Crippen molar-refractivity contribution in [2.24, 2.45) is 5.84 Å². The Bertz CT molecular complexity index is 516. The Morgan fingerprint density at radius 3 is 2.30 bits per heavy atom. The SMILES string of the molecule is COC(c1ccccc1)C(Cc1ccc(F)cc1)NN. The normalized spacial score (nSPS) is 13.9. The molecule has 2 atom stereocenters. The monoisotopic (exact) mass is 274 g/mol. The summed E-state index contributed by atoms with van der Waals surface area (Å²) in [4.78, 5) is 0. The molecular formula is C16H19FN2O. The van der Waals surface area contributed by atoms with Crippen LogP contribution in [0, 0.1) is 5.82 Å². The molecule has 0 aliphatic carbocycles. The topological polar surface area (TPSA) is 47.3 Å². The van der Waals surface area contributed by atoms with Gasteiger partial charge in [-0.25, -0.2) is 4.39 Å². The third-order valence-corrected chi connectivity index (χ3v) is 3.33. The Labute approximate surface area is 118 Å². The van der Waals surface area contributed by atoms with Crippen LogP contribution in [-0.2, 0) is 11.2 Å². The molecule has 0 spiro atoms. The Kier molecular flexibility index (Phi) is 5.24. The first kappa shape index (κ1) is 14.7. The number of hydrogen-bond donors (Lipinski definition) is 2. The average molecular weight is 274 g/mol. The van der Waals surface area contributed by atoms with Crippen LogP contribution < -0.4 is 11.3 Å². The lowest BCUT2D eigenvalue weighted by Gasteiger charge is -2.26. The van der Waals surface area contributed by atoms with Gasteiger partial charge in [0.25, 0.3) is 0 Å². The summed E-state index contributed by atoms with van der Waals surface area (Å²) in [7, 11) is 1.66. The summed E-state index contributed by atoms with van der Waals surface area (Å²) in [6.45, 7) is 0. The molecule has 4 heteroatoms. The standard InChI is InChI=1S/C16H19FN2O/c1-20-16(13-5-3-2-4-6-13)15(19-18)11-12-7-9-14(17)10-8-12/h2-10,15-16,19H,11,18H2,1H3. The maximum Gasteiger partial charge on any atom is 0.123 e. The summed E-state index contributed by atoms with van der Waals surface area (Å²) in [5, 5.41) is 0. The molecule has 0 aromatic heterocycles. The van der Waals surface area contributed by atoms with Crippen LogP contribution in [0.1, 0.15) is 17.2 Å². The Morgan fingerprint density at radius 1 is 1.10 bits per heavy atom. The molecule has 2 aromatic carbocycles. The molecule has 2 aromatic rings. The zero-order valence-electron chi connectivity index (χ0n) is 11.4. The molecule has 106 valence electrons. The smallest absolute Gasteiger partial charge is 0.123 e. The van der Waals surface area contributed by atoms with E-state index in [4.69, 9.17) is 10.6 Å².